The Morgan fingerprint density at radius 2 is 1.95 bits per heavy atom. The van der Waals surface area contributed by atoms with Crippen molar-refractivity contribution in [1.82, 2.24) is 4.98 Å². The molecule has 0 atom stereocenters. The molecule has 2 aromatic rings. The molecule has 2 heterocycles. The van der Waals surface area contributed by atoms with Gasteiger partial charge in [0, 0.05) is 22.4 Å². The Hall–Kier alpha value is -2.41. The standard InChI is InChI=1S/C15H10BrNO5/c16-11-3-10(5-17-6-11)15(19)20-7-12(18)9-1-2-13-14(4-9)22-8-21-13/h1-6H,7-8H2. The largest absolute Gasteiger partial charge is 0.454 e. The van der Waals surface area contributed by atoms with Crippen LogP contribution in [-0.4, -0.2) is 30.1 Å². The maximum absolute atomic E-state index is 12.0. The van der Waals surface area contributed by atoms with E-state index in [4.69, 9.17) is 14.2 Å². The number of ketones is 1. The number of ether oxygens (including phenoxy) is 3. The molecule has 1 aromatic heterocycles. The van der Waals surface area contributed by atoms with Gasteiger partial charge in [0.25, 0.3) is 0 Å². The first kappa shape index (κ1) is 14.5. The molecule has 1 aliphatic heterocycles. The van der Waals surface area contributed by atoms with Crippen molar-refractivity contribution in [2.75, 3.05) is 13.4 Å². The zero-order valence-electron chi connectivity index (χ0n) is 11.2. The van der Waals surface area contributed by atoms with E-state index in [-0.39, 0.29) is 24.7 Å². The van der Waals surface area contributed by atoms with Crippen molar-refractivity contribution in [2.45, 2.75) is 0 Å². The van der Waals surface area contributed by atoms with Gasteiger partial charge in [-0.05, 0) is 40.2 Å². The van der Waals surface area contributed by atoms with Gasteiger partial charge in [-0.25, -0.2) is 4.79 Å². The van der Waals surface area contributed by atoms with Gasteiger partial charge in [0.05, 0.1) is 5.56 Å². The van der Waals surface area contributed by atoms with Crippen molar-refractivity contribution in [3.05, 3.63) is 52.3 Å². The number of Topliss-reactive ketones (excluding diaryl/α,β-unsaturated/α-hetero) is 1. The van der Waals surface area contributed by atoms with Crippen LogP contribution in [-0.2, 0) is 4.74 Å². The Labute approximate surface area is 134 Å². The molecule has 7 heteroatoms. The van der Waals surface area contributed by atoms with Gasteiger partial charge in [-0.2, -0.15) is 0 Å². The molecule has 1 aromatic carbocycles. The van der Waals surface area contributed by atoms with Crippen LogP contribution in [0.5, 0.6) is 11.5 Å². The lowest BCUT2D eigenvalue weighted by atomic mass is 10.1. The first-order valence-electron chi connectivity index (χ1n) is 6.34. The average molecular weight is 364 g/mol. The summed E-state index contributed by atoms with van der Waals surface area (Å²) in [7, 11) is 0. The summed E-state index contributed by atoms with van der Waals surface area (Å²) >= 11 is 3.21. The molecular weight excluding hydrogens is 354 g/mol. The summed E-state index contributed by atoms with van der Waals surface area (Å²) in [5.74, 6) is 0.166. The highest BCUT2D eigenvalue weighted by Crippen LogP contribution is 2.32. The highest BCUT2D eigenvalue weighted by atomic mass is 79.9. The zero-order valence-corrected chi connectivity index (χ0v) is 12.8. The molecule has 1 aliphatic rings. The summed E-state index contributed by atoms with van der Waals surface area (Å²) in [6, 6.07) is 6.39. The summed E-state index contributed by atoms with van der Waals surface area (Å²) in [5.41, 5.74) is 0.664. The number of hydrogen-bond acceptors (Lipinski definition) is 6. The van der Waals surface area contributed by atoms with Crippen LogP contribution in [0.15, 0.2) is 41.1 Å². The maximum Gasteiger partial charge on any atom is 0.340 e. The van der Waals surface area contributed by atoms with E-state index < -0.39 is 5.97 Å². The predicted molar refractivity (Wildman–Crippen MR) is 79.1 cm³/mol. The highest BCUT2D eigenvalue weighted by Gasteiger charge is 2.17. The lowest BCUT2D eigenvalue weighted by Crippen LogP contribution is -2.14. The summed E-state index contributed by atoms with van der Waals surface area (Å²) in [5, 5.41) is 0. The van der Waals surface area contributed by atoms with Gasteiger partial charge in [-0.3, -0.25) is 9.78 Å². The van der Waals surface area contributed by atoms with Crippen molar-refractivity contribution < 1.29 is 23.8 Å². The zero-order chi connectivity index (χ0) is 15.5. The molecule has 0 N–H and O–H groups in total. The number of carbonyl (C=O) groups is 2. The molecular formula is C15H10BrNO5. The minimum atomic E-state index is -0.608. The molecule has 0 fully saturated rings. The lowest BCUT2D eigenvalue weighted by Gasteiger charge is -2.05. The van der Waals surface area contributed by atoms with Crippen molar-refractivity contribution in [1.29, 1.82) is 0 Å². The third-order valence-electron chi connectivity index (χ3n) is 2.97. The fraction of sp³-hybridized carbons (Fsp3) is 0.133. The van der Waals surface area contributed by atoms with E-state index >= 15 is 0 Å². The highest BCUT2D eigenvalue weighted by molar-refractivity contribution is 9.10. The number of pyridine rings is 1. The number of aromatic nitrogens is 1. The fourth-order valence-corrected chi connectivity index (χ4v) is 2.26. The third kappa shape index (κ3) is 3.09. The van der Waals surface area contributed by atoms with Gasteiger partial charge in [0.2, 0.25) is 6.79 Å². The second kappa shape index (κ2) is 6.15. The number of hydrogen-bond donors (Lipinski definition) is 0. The first-order chi connectivity index (χ1) is 10.6. The minimum Gasteiger partial charge on any atom is -0.454 e. The van der Waals surface area contributed by atoms with Crippen LogP contribution in [0.25, 0.3) is 0 Å². The predicted octanol–water partition coefficient (Wildman–Crippen LogP) is 2.61. The van der Waals surface area contributed by atoms with Crippen LogP contribution in [0.2, 0.25) is 0 Å². The van der Waals surface area contributed by atoms with Crippen molar-refractivity contribution >= 4 is 27.7 Å². The summed E-state index contributed by atoms with van der Waals surface area (Å²) in [6.07, 6.45) is 2.92. The van der Waals surface area contributed by atoms with Crippen LogP contribution in [0.4, 0.5) is 0 Å². The van der Waals surface area contributed by atoms with Crippen molar-refractivity contribution in [3.63, 3.8) is 0 Å². The summed E-state index contributed by atoms with van der Waals surface area (Å²) in [6.45, 7) is -0.219. The number of benzene rings is 1. The maximum atomic E-state index is 12.0. The average Bonchev–Trinajstić information content (AvgIpc) is 2.99. The molecule has 0 amide bonds. The molecule has 0 unspecified atom stereocenters. The smallest absolute Gasteiger partial charge is 0.340 e. The van der Waals surface area contributed by atoms with E-state index in [9.17, 15) is 9.59 Å². The quantitative estimate of drug-likeness (QED) is 0.613. The molecule has 112 valence electrons. The second-order valence-corrected chi connectivity index (χ2v) is 5.37. The fourth-order valence-electron chi connectivity index (χ4n) is 1.89. The Morgan fingerprint density at radius 3 is 2.77 bits per heavy atom. The van der Waals surface area contributed by atoms with E-state index in [1.807, 2.05) is 0 Å². The van der Waals surface area contributed by atoms with Gasteiger partial charge in [0.15, 0.2) is 23.9 Å². The Kier molecular flexibility index (Phi) is 4.06. The SMILES string of the molecule is O=C(COC(=O)c1cncc(Br)c1)c1ccc2c(c1)OCO2. The van der Waals surface area contributed by atoms with Gasteiger partial charge in [-0.15, -0.1) is 0 Å². The molecule has 22 heavy (non-hydrogen) atoms. The van der Waals surface area contributed by atoms with Gasteiger partial charge in [-0.1, -0.05) is 0 Å². The van der Waals surface area contributed by atoms with Crippen molar-refractivity contribution in [2.24, 2.45) is 0 Å². The van der Waals surface area contributed by atoms with Crippen LogP contribution in [0.1, 0.15) is 20.7 Å². The monoisotopic (exact) mass is 363 g/mol. The van der Waals surface area contributed by atoms with E-state index in [0.29, 0.717) is 21.5 Å². The van der Waals surface area contributed by atoms with Gasteiger partial charge < -0.3 is 14.2 Å². The molecule has 0 aliphatic carbocycles. The summed E-state index contributed by atoms with van der Waals surface area (Å²) in [4.78, 5) is 27.8. The molecule has 0 radical (unpaired) electrons. The number of halogens is 1. The number of esters is 1. The lowest BCUT2D eigenvalue weighted by molar-refractivity contribution is 0.0474. The normalized spacial score (nSPS) is 12.0. The van der Waals surface area contributed by atoms with Gasteiger partial charge in [0.1, 0.15) is 0 Å². The van der Waals surface area contributed by atoms with Crippen LogP contribution in [0.3, 0.4) is 0 Å². The number of nitrogens with zero attached hydrogens (tertiary/aromatic N) is 1. The Bertz CT molecular complexity index is 746. The molecule has 0 bridgehead atoms. The number of fused-ring (bicyclic) bond motifs is 1. The van der Waals surface area contributed by atoms with Crippen LogP contribution >= 0.6 is 15.9 Å². The molecule has 3 rings (SSSR count). The topological polar surface area (TPSA) is 74.7 Å². The van der Waals surface area contributed by atoms with E-state index in [2.05, 4.69) is 20.9 Å². The second-order valence-electron chi connectivity index (χ2n) is 4.46. The van der Waals surface area contributed by atoms with Crippen LogP contribution < -0.4 is 9.47 Å². The van der Waals surface area contributed by atoms with E-state index in [1.165, 1.54) is 6.20 Å². The van der Waals surface area contributed by atoms with Crippen molar-refractivity contribution in [3.8, 4) is 11.5 Å². The minimum absolute atomic E-state index is 0.137. The van der Waals surface area contributed by atoms with Gasteiger partial charge >= 0.3 is 5.97 Å². The number of carbonyl (C=O) groups excluding carboxylic acids is 2. The molecule has 0 saturated carbocycles. The third-order valence-corrected chi connectivity index (χ3v) is 3.40. The van der Waals surface area contributed by atoms with Crippen LogP contribution in [0, 0.1) is 0 Å². The Balaban J connectivity index is 1.64. The summed E-state index contributed by atoms with van der Waals surface area (Å²) < 4.78 is 16.0. The molecule has 0 saturated heterocycles. The van der Waals surface area contributed by atoms with E-state index in [1.54, 1.807) is 30.5 Å². The number of rotatable bonds is 4. The van der Waals surface area contributed by atoms with E-state index in [0.717, 1.165) is 0 Å². The molecule has 0 spiro atoms. The Morgan fingerprint density at radius 1 is 1.14 bits per heavy atom. The molecule has 6 nitrogen and oxygen atoms in total. The first-order valence-corrected chi connectivity index (χ1v) is 7.13.